The molecule has 2 heterocycles. The van der Waals surface area contributed by atoms with Crippen LogP contribution in [0.15, 0.2) is 54.7 Å². The molecule has 4 rings (SSSR count). The SMILES string of the molecule is CC[NH+]1CCN(C(=O)c2cn(-c3ccc(C)cc3)nc2-c2cccc(OC)c2)CC1. The predicted molar refractivity (Wildman–Crippen MR) is 117 cm³/mol. The summed E-state index contributed by atoms with van der Waals surface area (Å²) in [4.78, 5) is 17.0. The number of nitrogens with one attached hydrogen (secondary N) is 1. The van der Waals surface area contributed by atoms with E-state index in [4.69, 9.17) is 9.84 Å². The molecule has 1 N–H and O–H groups in total. The number of carbonyl (C=O) groups excluding carboxylic acids is 1. The molecule has 1 aromatic heterocycles. The minimum absolute atomic E-state index is 0.0429. The molecule has 0 saturated carbocycles. The first-order valence-corrected chi connectivity index (χ1v) is 10.5. The highest BCUT2D eigenvalue weighted by Gasteiger charge is 2.27. The highest BCUT2D eigenvalue weighted by molar-refractivity contribution is 6.00. The number of nitrogens with zero attached hydrogens (tertiary/aromatic N) is 3. The highest BCUT2D eigenvalue weighted by atomic mass is 16.5. The summed E-state index contributed by atoms with van der Waals surface area (Å²) in [6, 6.07) is 15.9. The van der Waals surface area contributed by atoms with Crippen molar-refractivity contribution < 1.29 is 14.4 Å². The van der Waals surface area contributed by atoms with Gasteiger partial charge >= 0.3 is 0 Å². The second-order valence-corrected chi connectivity index (χ2v) is 7.80. The zero-order chi connectivity index (χ0) is 21.1. The minimum atomic E-state index is 0.0429. The Balaban J connectivity index is 1.73. The van der Waals surface area contributed by atoms with Crippen LogP contribution in [0.1, 0.15) is 22.8 Å². The van der Waals surface area contributed by atoms with Gasteiger partial charge in [0.05, 0.1) is 51.1 Å². The van der Waals surface area contributed by atoms with E-state index in [1.165, 1.54) is 5.56 Å². The lowest BCUT2D eigenvalue weighted by molar-refractivity contribution is -0.902. The topological polar surface area (TPSA) is 51.8 Å². The molecular formula is C24H29N4O2+. The molecule has 1 aliphatic rings. The van der Waals surface area contributed by atoms with Crippen LogP contribution in [-0.2, 0) is 0 Å². The van der Waals surface area contributed by atoms with E-state index in [0.29, 0.717) is 11.3 Å². The van der Waals surface area contributed by atoms with E-state index in [1.807, 2.05) is 47.5 Å². The Kier molecular flexibility index (Phi) is 5.86. The molecule has 30 heavy (non-hydrogen) atoms. The second-order valence-electron chi connectivity index (χ2n) is 7.80. The van der Waals surface area contributed by atoms with Crippen molar-refractivity contribution in [3.8, 4) is 22.7 Å². The third-order valence-electron chi connectivity index (χ3n) is 5.84. The van der Waals surface area contributed by atoms with Gasteiger partial charge in [0.1, 0.15) is 11.4 Å². The fraction of sp³-hybridized carbons (Fsp3) is 0.333. The molecule has 1 amide bonds. The summed E-state index contributed by atoms with van der Waals surface area (Å²) < 4.78 is 7.19. The maximum absolute atomic E-state index is 13.5. The number of ether oxygens (including phenoxy) is 1. The average molecular weight is 406 g/mol. The number of piperazine rings is 1. The van der Waals surface area contributed by atoms with Crippen LogP contribution in [0.5, 0.6) is 5.75 Å². The number of likely N-dealkylation sites (N-methyl/N-ethyl adjacent to an activating group) is 1. The molecule has 0 atom stereocenters. The molecule has 0 unspecified atom stereocenters. The smallest absolute Gasteiger partial charge is 0.258 e. The van der Waals surface area contributed by atoms with Crippen LogP contribution in [0.4, 0.5) is 0 Å². The number of benzene rings is 2. The third-order valence-corrected chi connectivity index (χ3v) is 5.84. The molecule has 0 aliphatic carbocycles. The van der Waals surface area contributed by atoms with Gasteiger partial charge < -0.3 is 14.5 Å². The van der Waals surface area contributed by atoms with Crippen LogP contribution in [0.3, 0.4) is 0 Å². The number of rotatable bonds is 5. The molecule has 1 aliphatic heterocycles. The molecule has 6 nitrogen and oxygen atoms in total. The largest absolute Gasteiger partial charge is 0.497 e. The van der Waals surface area contributed by atoms with Crippen molar-refractivity contribution in [1.82, 2.24) is 14.7 Å². The first kappa shape index (κ1) is 20.2. The molecule has 156 valence electrons. The molecule has 3 aromatic rings. The van der Waals surface area contributed by atoms with E-state index in [2.05, 4.69) is 26.0 Å². The van der Waals surface area contributed by atoms with Crippen molar-refractivity contribution in [2.45, 2.75) is 13.8 Å². The maximum Gasteiger partial charge on any atom is 0.258 e. The summed E-state index contributed by atoms with van der Waals surface area (Å²) in [6.45, 7) is 8.87. The fourth-order valence-electron chi connectivity index (χ4n) is 3.89. The Bertz CT molecular complexity index is 1020. The number of methoxy groups -OCH3 is 1. The molecule has 0 bridgehead atoms. The number of amides is 1. The number of hydrogen-bond acceptors (Lipinski definition) is 3. The lowest BCUT2D eigenvalue weighted by atomic mass is 10.1. The number of aromatic nitrogens is 2. The molecule has 1 fully saturated rings. The standard InChI is InChI=1S/C24H28N4O2/c1-4-26-12-14-27(15-13-26)24(29)22-17-28(20-10-8-18(2)9-11-20)25-23(22)19-6-5-7-21(16-19)30-3/h5-11,16-17H,4,12-15H2,1-3H3/p+1. The van der Waals surface area contributed by atoms with Crippen molar-refractivity contribution in [2.75, 3.05) is 39.8 Å². The van der Waals surface area contributed by atoms with Crippen LogP contribution < -0.4 is 9.64 Å². The molecule has 1 saturated heterocycles. The van der Waals surface area contributed by atoms with Gasteiger partial charge in [-0.15, -0.1) is 0 Å². The number of carbonyl (C=O) groups is 1. The van der Waals surface area contributed by atoms with Crippen molar-refractivity contribution in [3.05, 3.63) is 65.9 Å². The van der Waals surface area contributed by atoms with Gasteiger partial charge in [-0.1, -0.05) is 29.8 Å². The lowest BCUT2D eigenvalue weighted by Gasteiger charge is -2.31. The van der Waals surface area contributed by atoms with E-state index in [1.54, 1.807) is 16.7 Å². The van der Waals surface area contributed by atoms with Gasteiger partial charge in [-0.25, -0.2) is 4.68 Å². The maximum atomic E-state index is 13.5. The summed E-state index contributed by atoms with van der Waals surface area (Å²) >= 11 is 0. The summed E-state index contributed by atoms with van der Waals surface area (Å²) in [5, 5.41) is 4.81. The predicted octanol–water partition coefficient (Wildman–Crippen LogP) is 2.22. The van der Waals surface area contributed by atoms with E-state index in [0.717, 1.165) is 49.7 Å². The monoisotopic (exact) mass is 405 g/mol. The van der Waals surface area contributed by atoms with Crippen molar-refractivity contribution >= 4 is 5.91 Å². The number of aryl methyl sites for hydroxylation is 1. The van der Waals surface area contributed by atoms with Crippen LogP contribution in [-0.4, -0.2) is 60.4 Å². The molecule has 2 aromatic carbocycles. The van der Waals surface area contributed by atoms with Crippen LogP contribution in [0.2, 0.25) is 0 Å². The Morgan fingerprint density at radius 2 is 1.87 bits per heavy atom. The normalized spacial score (nSPS) is 14.7. The van der Waals surface area contributed by atoms with Crippen LogP contribution >= 0.6 is 0 Å². The minimum Gasteiger partial charge on any atom is -0.497 e. The molecular weight excluding hydrogens is 376 g/mol. The zero-order valence-electron chi connectivity index (χ0n) is 17.9. The van der Waals surface area contributed by atoms with Crippen molar-refractivity contribution in [3.63, 3.8) is 0 Å². The summed E-state index contributed by atoms with van der Waals surface area (Å²) in [7, 11) is 1.64. The van der Waals surface area contributed by atoms with Crippen LogP contribution in [0.25, 0.3) is 16.9 Å². The summed E-state index contributed by atoms with van der Waals surface area (Å²) in [5.74, 6) is 0.789. The van der Waals surface area contributed by atoms with Gasteiger partial charge in [-0.2, -0.15) is 5.10 Å². The zero-order valence-corrected chi connectivity index (χ0v) is 17.9. The fourth-order valence-corrected chi connectivity index (χ4v) is 3.89. The Morgan fingerprint density at radius 3 is 2.53 bits per heavy atom. The van der Waals surface area contributed by atoms with Gasteiger partial charge in [0.15, 0.2) is 0 Å². The lowest BCUT2D eigenvalue weighted by Crippen LogP contribution is -3.14. The second kappa shape index (κ2) is 8.71. The van der Waals surface area contributed by atoms with E-state index in [-0.39, 0.29) is 5.91 Å². The average Bonchev–Trinajstić information content (AvgIpc) is 3.24. The van der Waals surface area contributed by atoms with E-state index in [9.17, 15) is 4.79 Å². The Labute approximate surface area is 177 Å². The third kappa shape index (κ3) is 4.09. The van der Waals surface area contributed by atoms with E-state index >= 15 is 0 Å². The first-order valence-electron chi connectivity index (χ1n) is 10.5. The molecule has 0 radical (unpaired) electrons. The highest BCUT2D eigenvalue weighted by Crippen LogP contribution is 2.28. The van der Waals surface area contributed by atoms with Gasteiger partial charge in [-0.3, -0.25) is 4.79 Å². The van der Waals surface area contributed by atoms with Gasteiger partial charge in [0.2, 0.25) is 0 Å². The van der Waals surface area contributed by atoms with Crippen molar-refractivity contribution in [1.29, 1.82) is 0 Å². The van der Waals surface area contributed by atoms with Crippen LogP contribution in [0, 0.1) is 6.92 Å². The van der Waals surface area contributed by atoms with Crippen molar-refractivity contribution in [2.24, 2.45) is 0 Å². The van der Waals surface area contributed by atoms with E-state index < -0.39 is 0 Å². The number of quaternary nitrogens is 1. The van der Waals surface area contributed by atoms with Gasteiger partial charge in [0, 0.05) is 11.8 Å². The molecule has 0 spiro atoms. The molecule has 6 heteroatoms. The summed E-state index contributed by atoms with van der Waals surface area (Å²) in [6.07, 6.45) is 1.86. The van der Waals surface area contributed by atoms with Gasteiger partial charge in [0.25, 0.3) is 5.91 Å². The Hall–Kier alpha value is -3.12. The first-order chi connectivity index (χ1) is 14.6. The van der Waals surface area contributed by atoms with Gasteiger partial charge in [-0.05, 0) is 38.1 Å². The Morgan fingerprint density at radius 1 is 1.13 bits per heavy atom. The summed E-state index contributed by atoms with van der Waals surface area (Å²) in [5.41, 5.74) is 4.31. The quantitative estimate of drug-likeness (QED) is 0.708. The number of hydrogen-bond donors (Lipinski definition) is 1.